The van der Waals surface area contributed by atoms with E-state index in [1.54, 1.807) is 12.2 Å². The van der Waals surface area contributed by atoms with E-state index >= 15 is 0 Å². The van der Waals surface area contributed by atoms with E-state index in [4.69, 9.17) is 9.73 Å². The van der Waals surface area contributed by atoms with Crippen molar-refractivity contribution in [2.24, 2.45) is 22.7 Å². The molecule has 0 aromatic rings. The van der Waals surface area contributed by atoms with Crippen LogP contribution in [0.5, 0.6) is 0 Å². The fraction of sp³-hybridized carbons (Fsp3) is 0.650. The van der Waals surface area contributed by atoms with Crippen LogP contribution in [0.2, 0.25) is 0 Å². The molecule has 4 aliphatic rings. The van der Waals surface area contributed by atoms with Gasteiger partial charge in [0.15, 0.2) is 0 Å². The number of unbranched alkanes of at least 4 members (excludes halogenated alkanes) is 1. The number of nitrogens with zero attached hydrogens (tertiary/aromatic N) is 1. The zero-order valence-corrected chi connectivity index (χ0v) is 14.2. The summed E-state index contributed by atoms with van der Waals surface area (Å²) in [5.41, 5.74) is 3.33. The number of ether oxygens (including phenoxy) is 1. The van der Waals surface area contributed by atoms with E-state index in [0.717, 1.165) is 62.2 Å². The molecule has 130 valence electrons. The molecule has 2 aliphatic heterocycles. The first-order chi connectivity index (χ1) is 11.7. The highest BCUT2D eigenvalue weighted by molar-refractivity contribution is 5.99. The van der Waals surface area contributed by atoms with E-state index < -0.39 is 6.43 Å². The van der Waals surface area contributed by atoms with Crippen LogP contribution in [0.25, 0.3) is 0 Å². The van der Waals surface area contributed by atoms with Crippen LogP contribution >= 0.6 is 0 Å². The van der Waals surface area contributed by atoms with Crippen molar-refractivity contribution in [2.75, 3.05) is 13.2 Å². The lowest BCUT2D eigenvalue weighted by molar-refractivity contribution is 0.0180. The van der Waals surface area contributed by atoms with Gasteiger partial charge in [-0.05, 0) is 66.7 Å². The standard InChI is InChI=1S/C20H25F2NO/c1-2-3-4-16-8-14-7-15(20(21)22)9-17(19(14)23-16)18-12-5-6-13(18)11-24-10-12/h7-9,12-13,18-20H,2-6,10-11H2,1H3/t12-,13?,18?,19?/m0/s1. The summed E-state index contributed by atoms with van der Waals surface area (Å²) in [6.07, 6.45) is 8.54. The first kappa shape index (κ1) is 16.2. The Bertz CT molecular complexity index is 616. The highest BCUT2D eigenvalue weighted by Gasteiger charge is 2.45. The van der Waals surface area contributed by atoms with Crippen LogP contribution in [0.4, 0.5) is 8.78 Å². The number of hydrogen-bond acceptors (Lipinski definition) is 2. The number of rotatable bonds is 5. The molecule has 1 saturated heterocycles. The van der Waals surface area contributed by atoms with Gasteiger partial charge in [-0.25, -0.2) is 8.78 Å². The predicted molar refractivity (Wildman–Crippen MR) is 91.5 cm³/mol. The van der Waals surface area contributed by atoms with Crippen molar-refractivity contribution < 1.29 is 13.5 Å². The molecule has 0 N–H and O–H groups in total. The Morgan fingerprint density at radius 1 is 1.17 bits per heavy atom. The van der Waals surface area contributed by atoms with E-state index in [1.807, 2.05) is 0 Å². The maximum Gasteiger partial charge on any atom is 0.263 e. The number of fused-ring (bicyclic) bond motifs is 3. The second-order valence-corrected chi connectivity index (χ2v) is 7.52. The second-order valence-electron chi connectivity index (χ2n) is 7.52. The van der Waals surface area contributed by atoms with E-state index in [9.17, 15) is 8.78 Å². The van der Waals surface area contributed by atoms with Gasteiger partial charge in [-0.15, -0.1) is 0 Å². The van der Waals surface area contributed by atoms with Gasteiger partial charge in [0.25, 0.3) is 6.43 Å². The van der Waals surface area contributed by atoms with Crippen molar-refractivity contribution >= 4 is 5.71 Å². The van der Waals surface area contributed by atoms with Crippen LogP contribution in [-0.4, -0.2) is 31.4 Å². The number of allylic oxidation sites excluding steroid dienone is 3. The second kappa shape index (κ2) is 6.55. The van der Waals surface area contributed by atoms with Crippen molar-refractivity contribution in [3.63, 3.8) is 0 Å². The maximum atomic E-state index is 13.4. The molecule has 4 rings (SSSR count). The molecule has 2 aliphatic carbocycles. The monoisotopic (exact) mass is 333 g/mol. The van der Waals surface area contributed by atoms with Crippen molar-refractivity contribution in [2.45, 2.75) is 51.5 Å². The number of aliphatic imine (C=N–C) groups is 1. The topological polar surface area (TPSA) is 21.6 Å². The first-order valence-electron chi connectivity index (χ1n) is 9.24. The van der Waals surface area contributed by atoms with E-state index in [0.29, 0.717) is 17.8 Å². The van der Waals surface area contributed by atoms with Gasteiger partial charge in [-0.1, -0.05) is 19.4 Å². The predicted octanol–water partition coefficient (Wildman–Crippen LogP) is 4.73. The maximum absolute atomic E-state index is 13.4. The van der Waals surface area contributed by atoms with E-state index in [1.165, 1.54) is 0 Å². The lowest BCUT2D eigenvalue weighted by Gasteiger charge is -2.36. The average molecular weight is 333 g/mol. The smallest absolute Gasteiger partial charge is 0.263 e. The molecular weight excluding hydrogens is 308 g/mol. The Kier molecular flexibility index (Phi) is 4.42. The third kappa shape index (κ3) is 2.79. The molecule has 3 unspecified atom stereocenters. The van der Waals surface area contributed by atoms with Gasteiger partial charge in [0, 0.05) is 24.5 Å². The molecule has 2 nitrogen and oxygen atoms in total. The van der Waals surface area contributed by atoms with Crippen molar-refractivity contribution in [3.8, 4) is 0 Å². The SMILES string of the molecule is CCCCC1=NC2C(=C1)C=C(C(F)F)C=C2C1C2CC[C@H]1COC2. The third-order valence-corrected chi connectivity index (χ3v) is 5.94. The number of alkyl halides is 2. The summed E-state index contributed by atoms with van der Waals surface area (Å²) in [5.74, 6) is 1.32. The van der Waals surface area contributed by atoms with Crippen LogP contribution in [0.15, 0.2) is 39.9 Å². The highest BCUT2D eigenvalue weighted by atomic mass is 19.3. The zero-order chi connectivity index (χ0) is 16.7. The molecular formula is C20H25F2NO. The van der Waals surface area contributed by atoms with E-state index in [2.05, 4.69) is 13.0 Å². The van der Waals surface area contributed by atoms with Crippen molar-refractivity contribution in [3.05, 3.63) is 34.9 Å². The van der Waals surface area contributed by atoms with Gasteiger partial charge in [0.2, 0.25) is 0 Å². The van der Waals surface area contributed by atoms with Crippen LogP contribution < -0.4 is 0 Å². The van der Waals surface area contributed by atoms with Gasteiger partial charge in [-0.3, -0.25) is 4.99 Å². The average Bonchev–Trinajstić information content (AvgIpc) is 3.09. The summed E-state index contributed by atoms with van der Waals surface area (Å²) in [5, 5.41) is 0. The van der Waals surface area contributed by atoms with Crippen molar-refractivity contribution in [1.29, 1.82) is 0 Å². The summed E-state index contributed by atoms with van der Waals surface area (Å²) in [4.78, 5) is 4.92. The largest absolute Gasteiger partial charge is 0.381 e. The molecule has 0 radical (unpaired) electrons. The molecule has 1 saturated carbocycles. The van der Waals surface area contributed by atoms with Gasteiger partial charge < -0.3 is 4.74 Å². The summed E-state index contributed by atoms with van der Waals surface area (Å²) in [7, 11) is 0. The zero-order valence-electron chi connectivity index (χ0n) is 14.2. The van der Waals surface area contributed by atoms with Gasteiger partial charge in [0.05, 0.1) is 6.04 Å². The first-order valence-corrected chi connectivity index (χ1v) is 9.24. The number of halogens is 2. The molecule has 2 fully saturated rings. The fourth-order valence-electron chi connectivity index (χ4n) is 4.80. The van der Waals surface area contributed by atoms with Crippen LogP contribution in [0, 0.1) is 17.8 Å². The Labute approximate surface area is 142 Å². The minimum atomic E-state index is -2.42. The minimum absolute atomic E-state index is 0.0226. The Balaban J connectivity index is 1.68. The normalized spacial score (nSPS) is 34.7. The van der Waals surface area contributed by atoms with E-state index in [-0.39, 0.29) is 11.6 Å². The Hall–Kier alpha value is -1.29. The van der Waals surface area contributed by atoms with Gasteiger partial charge in [-0.2, -0.15) is 0 Å². The van der Waals surface area contributed by atoms with Crippen LogP contribution in [0.1, 0.15) is 39.0 Å². The molecule has 2 bridgehead atoms. The minimum Gasteiger partial charge on any atom is -0.381 e. The summed E-state index contributed by atoms with van der Waals surface area (Å²) in [6, 6.07) is -0.0226. The number of hydrogen-bond donors (Lipinski definition) is 0. The molecule has 24 heavy (non-hydrogen) atoms. The molecule has 0 aromatic heterocycles. The summed E-state index contributed by atoms with van der Waals surface area (Å²) >= 11 is 0. The van der Waals surface area contributed by atoms with Crippen molar-refractivity contribution in [1.82, 2.24) is 0 Å². The molecule has 0 aromatic carbocycles. The summed E-state index contributed by atoms with van der Waals surface area (Å²) < 4.78 is 32.5. The molecule has 0 spiro atoms. The third-order valence-electron chi connectivity index (χ3n) is 5.94. The molecule has 4 heteroatoms. The lowest BCUT2D eigenvalue weighted by atomic mass is 9.75. The summed E-state index contributed by atoms with van der Waals surface area (Å²) in [6.45, 7) is 3.70. The van der Waals surface area contributed by atoms with Crippen LogP contribution in [0.3, 0.4) is 0 Å². The Morgan fingerprint density at radius 2 is 1.92 bits per heavy atom. The molecule has 2 heterocycles. The van der Waals surface area contributed by atoms with Gasteiger partial charge >= 0.3 is 0 Å². The van der Waals surface area contributed by atoms with Crippen LogP contribution in [-0.2, 0) is 4.74 Å². The fourth-order valence-corrected chi connectivity index (χ4v) is 4.80. The van der Waals surface area contributed by atoms with Gasteiger partial charge in [0.1, 0.15) is 0 Å². The highest BCUT2D eigenvalue weighted by Crippen LogP contribution is 2.49. The quantitative estimate of drug-likeness (QED) is 0.713. The lowest BCUT2D eigenvalue weighted by Crippen LogP contribution is -2.34. The molecule has 4 atom stereocenters. The molecule has 0 amide bonds. The Morgan fingerprint density at radius 3 is 2.58 bits per heavy atom.